The topological polar surface area (TPSA) is 168 Å². The Labute approximate surface area is 187 Å². The second-order valence-electron chi connectivity index (χ2n) is 7.46. The van der Waals surface area contributed by atoms with Crippen LogP contribution in [-0.4, -0.2) is 65.0 Å². The average Bonchev–Trinajstić information content (AvgIpc) is 3.20. The molecular formula is C19H22BN5O6S. The van der Waals surface area contributed by atoms with E-state index in [0.717, 1.165) is 37.3 Å². The first kappa shape index (κ1) is 22.1. The van der Waals surface area contributed by atoms with E-state index in [0.29, 0.717) is 5.56 Å². The molecule has 4 rings (SSSR count). The molecule has 0 aliphatic carbocycles. The number of piperidine rings is 1. The third-order valence-corrected chi connectivity index (χ3v) is 5.90. The van der Waals surface area contributed by atoms with Gasteiger partial charge < -0.3 is 36.0 Å². The molecule has 1 aromatic carbocycles. The molecule has 168 valence electrons. The number of hydrogen-bond donors (Lipinski definition) is 5. The van der Waals surface area contributed by atoms with Gasteiger partial charge in [0.2, 0.25) is 0 Å². The summed E-state index contributed by atoms with van der Waals surface area (Å²) in [7, 11) is -1.45. The lowest BCUT2D eigenvalue weighted by Crippen LogP contribution is -2.54. The van der Waals surface area contributed by atoms with E-state index < -0.39 is 24.9 Å². The SMILES string of the molecule is Nc1nc(C(=NOC2CCNCC2)C(=O)NC2Cc3cccc(C(=O)O)c3OB2O)cs1. The Morgan fingerprint density at radius 2 is 2.16 bits per heavy atom. The number of carbonyl (C=O) groups is 2. The lowest BCUT2D eigenvalue weighted by atomic mass is 9.72. The largest absolute Gasteiger partial charge is 0.547 e. The molecule has 32 heavy (non-hydrogen) atoms. The van der Waals surface area contributed by atoms with Crippen LogP contribution in [0.15, 0.2) is 28.7 Å². The maximum absolute atomic E-state index is 13.1. The number of fused-ring (bicyclic) bond motifs is 1. The monoisotopic (exact) mass is 459 g/mol. The molecule has 1 atom stereocenters. The number of carboxylic acid groups (broad SMARTS) is 1. The predicted octanol–water partition coefficient (Wildman–Crippen LogP) is 0.0358. The number of nitrogen functional groups attached to an aromatic ring is 1. The number of thiazole rings is 1. The highest BCUT2D eigenvalue weighted by molar-refractivity contribution is 7.13. The van der Waals surface area contributed by atoms with Gasteiger partial charge in [-0.1, -0.05) is 17.3 Å². The smallest absolute Gasteiger partial charge is 0.534 e. The van der Waals surface area contributed by atoms with Crippen LogP contribution in [0.1, 0.15) is 34.5 Å². The van der Waals surface area contributed by atoms with E-state index in [1.54, 1.807) is 17.5 Å². The minimum atomic E-state index is -1.45. The van der Waals surface area contributed by atoms with Crippen molar-refractivity contribution in [1.29, 1.82) is 0 Å². The van der Waals surface area contributed by atoms with Crippen molar-refractivity contribution >= 4 is 41.2 Å². The van der Waals surface area contributed by atoms with Gasteiger partial charge in [0, 0.05) is 5.38 Å². The minimum absolute atomic E-state index is 0.0538. The number of benzene rings is 1. The van der Waals surface area contributed by atoms with Gasteiger partial charge in [-0.05, 0) is 44.0 Å². The summed E-state index contributed by atoms with van der Waals surface area (Å²) in [4.78, 5) is 34.2. The molecule has 1 saturated heterocycles. The predicted molar refractivity (Wildman–Crippen MR) is 118 cm³/mol. The fourth-order valence-electron chi connectivity index (χ4n) is 3.58. The number of aromatic nitrogens is 1. The molecule has 6 N–H and O–H groups in total. The van der Waals surface area contributed by atoms with Crippen molar-refractivity contribution in [3.8, 4) is 5.75 Å². The van der Waals surface area contributed by atoms with Gasteiger partial charge in [0.1, 0.15) is 17.5 Å². The second kappa shape index (κ2) is 9.55. The zero-order valence-electron chi connectivity index (χ0n) is 17.0. The van der Waals surface area contributed by atoms with Gasteiger partial charge in [-0.15, -0.1) is 11.3 Å². The van der Waals surface area contributed by atoms with Crippen LogP contribution in [0.4, 0.5) is 5.13 Å². The first-order valence-corrected chi connectivity index (χ1v) is 11.0. The third-order valence-electron chi connectivity index (χ3n) is 5.22. The number of nitrogens with two attached hydrogens (primary N) is 1. The number of hydrogen-bond acceptors (Lipinski definition) is 10. The van der Waals surface area contributed by atoms with E-state index in [9.17, 15) is 19.7 Å². The van der Waals surface area contributed by atoms with Crippen molar-refractivity contribution in [2.24, 2.45) is 5.16 Å². The molecule has 0 saturated carbocycles. The molecule has 2 aromatic rings. The fraction of sp³-hybridized carbons (Fsp3) is 0.368. The van der Waals surface area contributed by atoms with Gasteiger partial charge >= 0.3 is 13.1 Å². The maximum atomic E-state index is 13.1. The average molecular weight is 459 g/mol. The summed E-state index contributed by atoms with van der Waals surface area (Å²) in [6.07, 6.45) is 1.57. The Kier molecular flexibility index (Phi) is 6.58. The molecule has 0 spiro atoms. The number of oxime groups is 1. The van der Waals surface area contributed by atoms with Crippen molar-refractivity contribution < 1.29 is 29.2 Å². The van der Waals surface area contributed by atoms with Crippen LogP contribution in [0.25, 0.3) is 0 Å². The highest BCUT2D eigenvalue weighted by Crippen LogP contribution is 2.30. The number of anilines is 1. The number of nitrogens with zero attached hydrogens (tertiary/aromatic N) is 2. The summed E-state index contributed by atoms with van der Waals surface area (Å²) in [6, 6.07) is 4.66. The van der Waals surface area contributed by atoms with Gasteiger partial charge in [-0.2, -0.15) is 0 Å². The highest BCUT2D eigenvalue weighted by Gasteiger charge is 2.38. The van der Waals surface area contributed by atoms with Crippen molar-refractivity contribution in [1.82, 2.24) is 15.6 Å². The summed E-state index contributed by atoms with van der Waals surface area (Å²) >= 11 is 1.16. The van der Waals surface area contributed by atoms with E-state index in [-0.39, 0.29) is 40.4 Å². The van der Waals surface area contributed by atoms with E-state index in [1.165, 1.54) is 6.07 Å². The molecule has 1 aromatic heterocycles. The van der Waals surface area contributed by atoms with Crippen LogP contribution >= 0.6 is 11.3 Å². The van der Waals surface area contributed by atoms with Crippen LogP contribution in [0, 0.1) is 0 Å². The van der Waals surface area contributed by atoms with Crippen LogP contribution < -0.4 is 21.0 Å². The lowest BCUT2D eigenvalue weighted by molar-refractivity contribution is -0.115. The Hall–Kier alpha value is -3.16. The molecule has 2 aliphatic heterocycles. The number of rotatable bonds is 6. The number of carbonyl (C=O) groups excluding carboxylic acids is 1. The Morgan fingerprint density at radius 3 is 2.84 bits per heavy atom. The van der Waals surface area contributed by atoms with E-state index in [1.807, 2.05) is 0 Å². The quantitative estimate of drug-likeness (QED) is 0.227. The van der Waals surface area contributed by atoms with Crippen LogP contribution in [0.2, 0.25) is 0 Å². The van der Waals surface area contributed by atoms with E-state index >= 15 is 0 Å². The Balaban J connectivity index is 1.52. The number of nitrogens with one attached hydrogen (secondary N) is 2. The molecule has 1 fully saturated rings. The van der Waals surface area contributed by atoms with E-state index in [2.05, 4.69) is 20.8 Å². The molecule has 1 unspecified atom stereocenters. The van der Waals surface area contributed by atoms with E-state index in [4.69, 9.17) is 15.2 Å². The zero-order chi connectivity index (χ0) is 22.7. The van der Waals surface area contributed by atoms with Crippen molar-refractivity contribution in [2.45, 2.75) is 31.3 Å². The third kappa shape index (κ3) is 4.84. The molecule has 0 bridgehead atoms. The Morgan fingerprint density at radius 1 is 1.38 bits per heavy atom. The number of carboxylic acids is 1. The molecule has 3 heterocycles. The molecule has 0 radical (unpaired) electrons. The van der Waals surface area contributed by atoms with Gasteiger partial charge in [0.15, 0.2) is 10.8 Å². The standard InChI is InChI=1S/C19H22BN5O6S/c21-19-23-13(9-32-19)15(25-31-11-4-6-22-7-5-11)17(26)24-14-8-10-2-1-3-12(18(27)28)16(10)30-20(14)29/h1-3,9,11,14,22,29H,4-8H2,(H2,21,23)(H,24,26)(H,27,28). The summed E-state index contributed by atoms with van der Waals surface area (Å²) in [6.45, 7) is 1.60. The van der Waals surface area contributed by atoms with Crippen molar-refractivity contribution in [3.05, 3.63) is 40.4 Å². The van der Waals surface area contributed by atoms with Gasteiger partial charge in [0.05, 0.1) is 11.5 Å². The second-order valence-corrected chi connectivity index (χ2v) is 8.35. The number of para-hydroxylation sites is 1. The van der Waals surface area contributed by atoms with Crippen LogP contribution in [0.3, 0.4) is 0 Å². The molecule has 2 aliphatic rings. The van der Waals surface area contributed by atoms with Crippen LogP contribution in [0.5, 0.6) is 5.75 Å². The maximum Gasteiger partial charge on any atom is 0.547 e. The summed E-state index contributed by atoms with van der Waals surface area (Å²) in [5.41, 5.74) is 6.42. The molecule has 1 amide bonds. The van der Waals surface area contributed by atoms with Crippen LogP contribution in [-0.2, 0) is 16.1 Å². The first-order valence-electron chi connectivity index (χ1n) is 10.1. The van der Waals surface area contributed by atoms with Gasteiger partial charge in [-0.3, -0.25) is 4.79 Å². The highest BCUT2D eigenvalue weighted by atomic mass is 32.1. The van der Waals surface area contributed by atoms with Crippen molar-refractivity contribution in [3.63, 3.8) is 0 Å². The first-order chi connectivity index (χ1) is 15.4. The summed E-state index contributed by atoms with van der Waals surface area (Å²) in [5, 5.41) is 31.6. The zero-order valence-corrected chi connectivity index (χ0v) is 17.8. The Bertz CT molecular complexity index is 1040. The lowest BCUT2D eigenvalue weighted by Gasteiger charge is -2.29. The summed E-state index contributed by atoms with van der Waals surface area (Å²) in [5.74, 6) is -2.52. The minimum Gasteiger partial charge on any atom is -0.534 e. The molecular weight excluding hydrogens is 437 g/mol. The summed E-state index contributed by atoms with van der Waals surface area (Å²) < 4.78 is 5.43. The molecule has 13 heteroatoms. The van der Waals surface area contributed by atoms with Crippen molar-refractivity contribution in [2.75, 3.05) is 18.8 Å². The van der Waals surface area contributed by atoms with Gasteiger partial charge in [0.25, 0.3) is 5.91 Å². The fourth-order valence-corrected chi connectivity index (χ4v) is 4.13. The normalized spacial score (nSPS) is 19.1. The van der Waals surface area contributed by atoms with Gasteiger partial charge in [-0.25, -0.2) is 9.78 Å². The number of aromatic carboxylic acids is 1. The number of amides is 1. The molecule has 11 nitrogen and oxygen atoms in total.